The fourth-order valence-corrected chi connectivity index (χ4v) is 3.26. The smallest absolute Gasteiger partial charge is 0.274 e. The lowest BCUT2D eigenvalue weighted by Gasteiger charge is -2.16. The molecule has 1 amide bonds. The van der Waals surface area contributed by atoms with Gasteiger partial charge in [0.1, 0.15) is 5.75 Å². The van der Waals surface area contributed by atoms with Gasteiger partial charge in [-0.3, -0.25) is 9.48 Å². The van der Waals surface area contributed by atoms with Crippen molar-refractivity contribution in [3.8, 4) is 5.75 Å². The molecule has 0 spiro atoms. The zero-order valence-electron chi connectivity index (χ0n) is 17.4. The van der Waals surface area contributed by atoms with E-state index in [1.54, 1.807) is 28.9 Å². The number of aryl methyl sites for hydroxylation is 4. The van der Waals surface area contributed by atoms with Crippen LogP contribution in [0.1, 0.15) is 38.6 Å². The summed E-state index contributed by atoms with van der Waals surface area (Å²) in [5, 5.41) is 8.77. The molecule has 7 nitrogen and oxygen atoms in total. The van der Waals surface area contributed by atoms with Crippen LogP contribution in [0.15, 0.2) is 30.5 Å². The Kier molecular flexibility index (Phi) is 5.53. The van der Waals surface area contributed by atoms with E-state index in [1.165, 1.54) is 0 Å². The van der Waals surface area contributed by atoms with E-state index in [0.717, 1.165) is 33.8 Å². The van der Waals surface area contributed by atoms with Gasteiger partial charge in [0.05, 0.1) is 5.69 Å². The highest BCUT2D eigenvalue weighted by Gasteiger charge is 2.18. The molecule has 148 valence electrons. The van der Waals surface area contributed by atoms with Crippen molar-refractivity contribution in [2.24, 2.45) is 7.05 Å². The largest absolute Gasteiger partial charge is 0.471 e. The molecule has 28 heavy (non-hydrogen) atoms. The van der Waals surface area contributed by atoms with E-state index >= 15 is 0 Å². The number of nitrogens with zero attached hydrogens (tertiary/aromatic N) is 5. The molecule has 0 aliphatic carbocycles. The van der Waals surface area contributed by atoms with E-state index < -0.39 is 0 Å². The van der Waals surface area contributed by atoms with Crippen LogP contribution in [0, 0.1) is 27.7 Å². The Morgan fingerprint density at radius 2 is 1.79 bits per heavy atom. The summed E-state index contributed by atoms with van der Waals surface area (Å²) in [6.07, 6.45) is 1.75. The van der Waals surface area contributed by atoms with Crippen molar-refractivity contribution in [3.63, 3.8) is 0 Å². The maximum absolute atomic E-state index is 12.7. The van der Waals surface area contributed by atoms with Crippen molar-refractivity contribution < 1.29 is 9.53 Å². The zero-order chi connectivity index (χ0) is 20.4. The first-order chi connectivity index (χ1) is 13.2. The van der Waals surface area contributed by atoms with Gasteiger partial charge in [0, 0.05) is 38.1 Å². The van der Waals surface area contributed by atoms with E-state index in [1.807, 2.05) is 51.6 Å². The van der Waals surface area contributed by atoms with Crippen LogP contribution in [-0.2, 0) is 20.3 Å². The zero-order valence-corrected chi connectivity index (χ0v) is 17.4. The van der Waals surface area contributed by atoms with E-state index in [9.17, 15) is 4.79 Å². The molecule has 7 heteroatoms. The van der Waals surface area contributed by atoms with E-state index in [0.29, 0.717) is 12.2 Å². The number of hydrogen-bond acceptors (Lipinski definition) is 4. The number of aromatic nitrogens is 4. The molecule has 3 rings (SSSR count). The molecule has 0 aliphatic rings. The molecule has 0 saturated heterocycles. The van der Waals surface area contributed by atoms with Crippen LogP contribution in [0.2, 0.25) is 0 Å². The molecule has 0 N–H and O–H groups in total. The second-order valence-corrected chi connectivity index (χ2v) is 7.27. The van der Waals surface area contributed by atoms with E-state index in [2.05, 4.69) is 16.3 Å². The second-order valence-electron chi connectivity index (χ2n) is 7.27. The van der Waals surface area contributed by atoms with Gasteiger partial charge in [0.25, 0.3) is 5.91 Å². The van der Waals surface area contributed by atoms with Crippen molar-refractivity contribution in [1.82, 2.24) is 24.5 Å². The van der Waals surface area contributed by atoms with Crippen LogP contribution in [-0.4, -0.2) is 37.4 Å². The highest BCUT2D eigenvalue weighted by molar-refractivity contribution is 5.92. The standard InChI is InChI=1S/C21H27N5O2/c1-14-9-15(2)11-18(10-14)28-13-26-8-7-20(23-26)21(27)24(5)12-19-16(3)22-25(6)17(19)4/h7-11H,12-13H2,1-6H3. The van der Waals surface area contributed by atoms with Crippen molar-refractivity contribution in [2.45, 2.75) is 41.0 Å². The van der Waals surface area contributed by atoms with Crippen LogP contribution in [0.25, 0.3) is 0 Å². The second kappa shape index (κ2) is 7.88. The first-order valence-corrected chi connectivity index (χ1v) is 9.23. The first kappa shape index (κ1) is 19.7. The molecule has 0 aliphatic heterocycles. The number of benzene rings is 1. The van der Waals surface area contributed by atoms with E-state index in [4.69, 9.17) is 4.74 Å². The topological polar surface area (TPSA) is 65.2 Å². The molecule has 2 aromatic heterocycles. The highest BCUT2D eigenvalue weighted by atomic mass is 16.5. The van der Waals surface area contributed by atoms with Gasteiger partial charge in [0.2, 0.25) is 0 Å². The summed E-state index contributed by atoms with van der Waals surface area (Å²) in [6, 6.07) is 7.77. The van der Waals surface area contributed by atoms with Crippen molar-refractivity contribution in [3.05, 3.63) is 64.2 Å². The molecule has 0 saturated carbocycles. The molecule has 0 unspecified atom stereocenters. The Hall–Kier alpha value is -3.09. The van der Waals surface area contributed by atoms with Gasteiger partial charge in [-0.1, -0.05) is 6.07 Å². The van der Waals surface area contributed by atoms with Gasteiger partial charge in [-0.05, 0) is 57.0 Å². The third-order valence-electron chi connectivity index (χ3n) is 4.82. The molecule has 0 atom stereocenters. The maximum Gasteiger partial charge on any atom is 0.274 e. The van der Waals surface area contributed by atoms with Crippen molar-refractivity contribution >= 4 is 5.91 Å². The number of ether oxygens (including phenoxy) is 1. The minimum absolute atomic E-state index is 0.132. The fraction of sp³-hybridized carbons (Fsp3) is 0.381. The van der Waals surface area contributed by atoms with Crippen LogP contribution in [0.4, 0.5) is 0 Å². The predicted molar refractivity (Wildman–Crippen MR) is 107 cm³/mol. The van der Waals surface area contributed by atoms with Crippen LogP contribution in [0.5, 0.6) is 5.75 Å². The average molecular weight is 381 g/mol. The normalized spacial score (nSPS) is 10.9. The Morgan fingerprint density at radius 3 is 2.39 bits per heavy atom. The summed E-state index contributed by atoms with van der Waals surface area (Å²) in [6.45, 7) is 8.78. The summed E-state index contributed by atoms with van der Waals surface area (Å²) in [5.74, 6) is 0.660. The molecule has 2 heterocycles. The monoisotopic (exact) mass is 381 g/mol. The molecular formula is C21H27N5O2. The Morgan fingerprint density at radius 1 is 1.11 bits per heavy atom. The molecule has 0 radical (unpaired) electrons. The molecule has 0 fully saturated rings. The van der Waals surface area contributed by atoms with Crippen molar-refractivity contribution in [1.29, 1.82) is 0 Å². The number of hydrogen-bond donors (Lipinski definition) is 0. The highest BCUT2D eigenvalue weighted by Crippen LogP contribution is 2.17. The number of carbonyl (C=O) groups is 1. The lowest BCUT2D eigenvalue weighted by molar-refractivity contribution is 0.0776. The molecule has 1 aromatic carbocycles. The van der Waals surface area contributed by atoms with Gasteiger partial charge < -0.3 is 9.64 Å². The molecule has 0 bridgehead atoms. The quantitative estimate of drug-likeness (QED) is 0.658. The lowest BCUT2D eigenvalue weighted by atomic mass is 10.1. The minimum atomic E-state index is -0.132. The third kappa shape index (κ3) is 4.24. The summed E-state index contributed by atoms with van der Waals surface area (Å²) >= 11 is 0. The number of amides is 1. The Bertz CT molecular complexity index is 982. The summed E-state index contributed by atoms with van der Waals surface area (Å²) in [5.41, 5.74) is 5.75. The van der Waals surface area contributed by atoms with E-state index in [-0.39, 0.29) is 12.6 Å². The SMILES string of the molecule is Cc1cc(C)cc(OCn2ccc(C(=O)N(C)Cc3c(C)nn(C)c3C)n2)c1. The lowest BCUT2D eigenvalue weighted by Crippen LogP contribution is -2.27. The van der Waals surface area contributed by atoms with Gasteiger partial charge in [-0.2, -0.15) is 10.2 Å². The Balaban J connectivity index is 1.64. The summed E-state index contributed by atoms with van der Waals surface area (Å²) in [4.78, 5) is 14.4. The number of carbonyl (C=O) groups excluding carboxylic acids is 1. The predicted octanol–water partition coefficient (Wildman–Crippen LogP) is 3.16. The minimum Gasteiger partial charge on any atom is -0.471 e. The Labute approximate surface area is 165 Å². The van der Waals surface area contributed by atoms with Gasteiger partial charge in [0.15, 0.2) is 12.4 Å². The van der Waals surface area contributed by atoms with Crippen LogP contribution in [0.3, 0.4) is 0 Å². The van der Waals surface area contributed by atoms with Gasteiger partial charge in [-0.15, -0.1) is 0 Å². The van der Waals surface area contributed by atoms with Crippen LogP contribution >= 0.6 is 0 Å². The third-order valence-corrected chi connectivity index (χ3v) is 4.82. The molecular weight excluding hydrogens is 354 g/mol. The number of rotatable bonds is 6. The fourth-order valence-electron chi connectivity index (χ4n) is 3.26. The van der Waals surface area contributed by atoms with Gasteiger partial charge >= 0.3 is 0 Å². The van der Waals surface area contributed by atoms with Crippen LogP contribution < -0.4 is 4.74 Å². The maximum atomic E-state index is 12.7. The summed E-state index contributed by atoms with van der Waals surface area (Å²) in [7, 11) is 3.68. The molecule has 3 aromatic rings. The van der Waals surface area contributed by atoms with Gasteiger partial charge in [-0.25, -0.2) is 4.68 Å². The first-order valence-electron chi connectivity index (χ1n) is 9.23. The van der Waals surface area contributed by atoms with Crippen molar-refractivity contribution in [2.75, 3.05) is 7.05 Å². The average Bonchev–Trinajstić information content (AvgIpc) is 3.19. The summed E-state index contributed by atoms with van der Waals surface area (Å²) < 4.78 is 9.26.